The van der Waals surface area contributed by atoms with Gasteiger partial charge in [0.15, 0.2) is 5.17 Å². The predicted octanol–water partition coefficient (Wildman–Crippen LogP) is 2.24. The molecule has 0 radical (unpaired) electrons. The molecule has 23 heavy (non-hydrogen) atoms. The number of hydrogen-bond donors (Lipinski definition) is 2. The highest BCUT2D eigenvalue weighted by atomic mass is 32.2. The number of amidine groups is 1. The maximum absolute atomic E-state index is 11.6. The second kappa shape index (κ2) is 6.62. The van der Waals surface area contributed by atoms with E-state index in [-0.39, 0.29) is 12.3 Å². The zero-order valence-electron chi connectivity index (χ0n) is 12.0. The summed E-state index contributed by atoms with van der Waals surface area (Å²) in [5.41, 5.74) is 0.893. The molecule has 1 fully saturated rings. The van der Waals surface area contributed by atoms with Gasteiger partial charge in [0.05, 0.1) is 12.6 Å². The Kier molecular flexibility index (Phi) is 4.38. The third kappa shape index (κ3) is 3.75. The number of amides is 1. The van der Waals surface area contributed by atoms with E-state index in [1.807, 2.05) is 42.5 Å². The summed E-state index contributed by atoms with van der Waals surface area (Å²) in [6, 6.07) is 13.9. The van der Waals surface area contributed by atoms with E-state index >= 15 is 0 Å². The van der Waals surface area contributed by atoms with E-state index in [2.05, 4.69) is 15.5 Å². The normalized spacial score (nSPS) is 19.6. The molecule has 2 aromatic rings. The number of carbonyl (C=O) groups is 2. The molecular formula is C16H13N3O3S. The van der Waals surface area contributed by atoms with Crippen LogP contribution in [0.2, 0.25) is 0 Å². The third-order valence-corrected chi connectivity index (χ3v) is 4.34. The first kappa shape index (κ1) is 15.2. The van der Waals surface area contributed by atoms with Crippen molar-refractivity contribution >= 4 is 45.8 Å². The lowest BCUT2D eigenvalue weighted by Gasteiger charge is -1.98. The first-order valence-corrected chi connectivity index (χ1v) is 7.79. The van der Waals surface area contributed by atoms with Crippen molar-refractivity contribution in [3.8, 4) is 0 Å². The molecule has 0 aromatic heterocycles. The van der Waals surface area contributed by atoms with Gasteiger partial charge >= 0.3 is 5.97 Å². The van der Waals surface area contributed by atoms with Gasteiger partial charge in [0, 0.05) is 0 Å². The molecule has 6 nitrogen and oxygen atoms in total. The van der Waals surface area contributed by atoms with Crippen LogP contribution in [0.5, 0.6) is 0 Å². The Morgan fingerprint density at radius 2 is 2.04 bits per heavy atom. The van der Waals surface area contributed by atoms with Crippen molar-refractivity contribution in [1.29, 1.82) is 0 Å². The number of thioether (sulfide) groups is 1. The molecule has 1 aliphatic heterocycles. The summed E-state index contributed by atoms with van der Waals surface area (Å²) >= 11 is 1.08. The summed E-state index contributed by atoms with van der Waals surface area (Å²) in [6.07, 6.45) is 1.36. The van der Waals surface area contributed by atoms with Crippen LogP contribution in [-0.2, 0) is 9.59 Å². The number of nitrogens with zero attached hydrogens (tertiary/aromatic N) is 2. The standard InChI is InChI=1S/C16H13N3O3S/c20-14(21)8-13-15(22)18-16(23-13)19-17-9-10-5-6-11-3-1-2-4-12(11)7-10/h1-7,9,13H,8H2,(H,20,21)(H,18,19,22). The number of aliphatic carboxylic acids is 1. The first-order chi connectivity index (χ1) is 11.1. The summed E-state index contributed by atoms with van der Waals surface area (Å²) in [4.78, 5) is 22.2. The van der Waals surface area contributed by atoms with Crippen LogP contribution in [0.4, 0.5) is 0 Å². The summed E-state index contributed by atoms with van der Waals surface area (Å²) in [5.74, 6) is -1.37. The minimum Gasteiger partial charge on any atom is -0.481 e. The molecule has 116 valence electrons. The molecular weight excluding hydrogens is 314 g/mol. The molecule has 1 atom stereocenters. The van der Waals surface area contributed by atoms with Gasteiger partial charge in [-0.05, 0) is 22.4 Å². The zero-order valence-corrected chi connectivity index (χ0v) is 12.8. The minimum atomic E-state index is -1.02. The lowest BCUT2D eigenvalue weighted by Crippen LogP contribution is -2.26. The fraction of sp³-hybridized carbons (Fsp3) is 0.125. The molecule has 0 spiro atoms. The van der Waals surface area contributed by atoms with Crippen LogP contribution in [0.15, 0.2) is 52.7 Å². The molecule has 2 N–H and O–H groups in total. The van der Waals surface area contributed by atoms with E-state index in [1.165, 1.54) is 0 Å². The van der Waals surface area contributed by atoms with Gasteiger partial charge in [-0.3, -0.25) is 9.59 Å². The summed E-state index contributed by atoms with van der Waals surface area (Å²) < 4.78 is 0. The second-order valence-corrected chi connectivity index (χ2v) is 6.14. The average molecular weight is 327 g/mol. The summed E-state index contributed by atoms with van der Waals surface area (Å²) in [5, 5.41) is 21.1. The summed E-state index contributed by atoms with van der Waals surface area (Å²) in [7, 11) is 0. The van der Waals surface area contributed by atoms with Crippen LogP contribution >= 0.6 is 11.8 Å². The molecule has 2 aromatic carbocycles. The first-order valence-electron chi connectivity index (χ1n) is 6.91. The Bertz CT molecular complexity index is 832. The highest BCUT2D eigenvalue weighted by molar-refractivity contribution is 8.15. The topological polar surface area (TPSA) is 91.1 Å². The van der Waals surface area contributed by atoms with E-state index in [0.29, 0.717) is 5.17 Å². The van der Waals surface area contributed by atoms with Gasteiger partial charge in [0.1, 0.15) is 5.25 Å². The number of rotatable bonds is 4. The molecule has 1 amide bonds. The van der Waals surface area contributed by atoms with Gasteiger partial charge in [-0.25, -0.2) is 0 Å². The fourth-order valence-corrected chi connectivity index (χ4v) is 3.10. The molecule has 1 saturated heterocycles. The molecule has 0 aliphatic carbocycles. The molecule has 3 rings (SSSR count). The van der Waals surface area contributed by atoms with Crippen LogP contribution in [0, 0.1) is 0 Å². The molecule has 1 unspecified atom stereocenters. The number of benzene rings is 2. The van der Waals surface area contributed by atoms with Gasteiger partial charge in [-0.1, -0.05) is 48.2 Å². The van der Waals surface area contributed by atoms with E-state index in [0.717, 1.165) is 28.1 Å². The van der Waals surface area contributed by atoms with Crippen molar-refractivity contribution in [2.75, 3.05) is 0 Å². The highest BCUT2D eigenvalue weighted by Crippen LogP contribution is 2.22. The Labute approximate surface area is 136 Å². The number of nitrogens with one attached hydrogen (secondary N) is 1. The summed E-state index contributed by atoms with van der Waals surface area (Å²) in [6.45, 7) is 0. The van der Waals surface area contributed by atoms with Crippen molar-refractivity contribution in [3.05, 3.63) is 48.0 Å². The molecule has 0 saturated carbocycles. The van der Waals surface area contributed by atoms with E-state index in [1.54, 1.807) is 6.21 Å². The Morgan fingerprint density at radius 1 is 1.26 bits per heavy atom. The largest absolute Gasteiger partial charge is 0.481 e. The maximum Gasteiger partial charge on any atom is 0.305 e. The second-order valence-electron chi connectivity index (χ2n) is 4.95. The molecule has 7 heteroatoms. The van der Waals surface area contributed by atoms with Crippen LogP contribution in [0.25, 0.3) is 10.8 Å². The van der Waals surface area contributed by atoms with Gasteiger partial charge in [-0.2, -0.15) is 5.10 Å². The molecule has 1 heterocycles. The Balaban J connectivity index is 1.70. The smallest absolute Gasteiger partial charge is 0.305 e. The zero-order chi connectivity index (χ0) is 16.2. The van der Waals surface area contributed by atoms with Gasteiger partial charge in [-0.15, -0.1) is 5.10 Å². The maximum atomic E-state index is 11.6. The van der Waals surface area contributed by atoms with Crippen molar-refractivity contribution in [3.63, 3.8) is 0 Å². The predicted molar refractivity (Wildman–Crippen MR) is 90.8 cm³/mol. The highest BCUT2D eigenvalue weighted by Gasteiger charge is 2.32. The van der Waals surface area contributed by atoms with Crippen molar-refractivity contribution in [1.82, 2.24) is 5.32 Å². The van der Waals surface area contributed by atoms with Crippen LogP contribution in [0.1, 0.15) is 12.0 Å². The molecule has 0 bridgehead atoms. The monoisotopic (exact) mass is 327 g/mol. The van der Waals surface area contributed by atoms with Gasteiger partial charge in [0.2, 0.25) is 5.91 Å². The molecule has 1 aliphatic rings. The van der Waals surface area contributed by atoms with Crippen LogP contribution < -0.4 is 5.32 Å². The van der Waals surface area contributed by atoms with E-state index in [9.17, 15) is 9.59 Å². The number of fused-ring (bicyclic) bond motifs is 1. The number of carbonyl (C=O) groups excluding carboxylic acids is 1. The number of hydrogen-bond acceptors (Lipinski definition) is 5. The number of carboxylic acids is 1. The number of carboxylic acid groups (broad SMARTS) is 1. The SMILES string of the molecule is O=C(O)CC1SC(=NN=Cc2ccc3ccccc3c2)NC1=O. The van der Waals surface area contributed by atoms with E-state index in [4.69, 9.17) is 5.11 Å². The van der Waals surface area contributed by atoms with Crippen LogP contribution in [-0.4, -0.2) is 33.6 Å². The quantitative estimate of drug-likeness (QED) is 0.665. The van der Waals surface area contributed by atoms with Crippen molar-refractivity contribution in [2.45, 2.75) is 11.7 Å². The Hall–Kier alpha value is -2.67. The lowest BCUT2D eigenvalue weighted by molar-refractivity contribution is -0.138. The fourth-order valence-electron chi connectivity index (χ4n) is 2.18. The van der Waals surface area contributed by atoms with Gasteiger partial charge in [0.25, 0.3) is 0 Å². The average Bonchev–Trinajstić information content (AvgIpc) is 2.86. The third-order valence-electron chi connectivity index (χ3n) is 3.27. The minimum absolute atomic E-state index is 0.232. The van der Waals surface area contributed by atoms with Crippen molar-refractivity contribution in [2.24, 2.45) is 10.2 Å². The Morgan fingerprint density at radius 3 is 2.83 bits per heavy atom. The lowest BCUT2D eigenvalue weighted by atomic mass is 10.1. The van der Waals surface area contributed by atoms with Gasteiger partial charge < -0.3 is 10.4 Å². The van der Waals surface area contributed by atoms with Crippen LogP contribution in [0.3, 0.4) is 0 Å². The van der Waals surface area contributed by atoms with E-state index < -0.39 is 11.2 Å². The van der Waals surface area contributed by atoms with Crippen molar-refractivity contribution < 1.29 is 14.7 Å².